The molecule has 0 saturated heterocycles. The fourth-order valence-electron chi connectivity index (χ4n) is 2.55. The zero-order valence-corrected chi connectivity index (χ0v) is 14.4. The molecule has 5 nitrogen and oxygen atoms in total. The lowest BCUT2D eigenvalue weighted by Gasteiger charge is -2.06. The van der Waals surface area contributed by atoms with Gasteiger partial charge in [-0.25, -0.2) is 9.37 Å². The summed E-state index contributed by atoms with van der Waals surface area (Å²) in [7, 11) is 1.86. The molecule has 3 aromatic rings. The standard InChI is InChI=1S/C17H17FN4OS/c1-10-14(11(2)22(3)21-10)8-15(23)20-17-16(19-9-24-17)12-4-6-13(18)7-5-12/h4-7,9H,8H2,1-3H3,(H,20,23). The summed E-state index contributed by atoms with van der Waals surface area (Å²) in [6, 6.07) is 6.05. The minimum Gasteiger partial charge on any atom is -0.316 e. The van der Waals surface area contributed by atoms with Crippen LogP contribution in [0.15, 0.2) is 29.8 Å². The number of hydrogen-bond acceptors (Lipinski definition) is 4. The van der Waals surface area contributed by atoms with Gasteiger partial charge in [0, 0.05) is 23.9 Å². The number of thiazole rings is 1. The summed E-state index contributed by atoms with van der Waals surface area (Å²) in [5.41, 5.74) is 5.84. The fraction of sp³-hybridized carbons (Fsp3) is 0.235. The smallest absolute Gasteiger partial charge is 0.229 e. The zero-order valence-electron chi connectivity index (χ0n) is 13.6. The molecule has 7 heteroatoms. The minimum atomic E-state index is -0.304. The molecule has 0 radical (unpaired) electrons. The Bertz CT molecular complexity index is 883. The first-order valence-electron chi connectivity index (χ1n) is 7.44. The average molecular weight is 344 g/mol. The maximum atomic E-state index is 13.1. The Morgan fingerprint density at radius 3 is 2.62 bits per heavy atom. The quantitative estimate of drug-likeness (QED) is 0.788. The van der Waals surface area contributed by atoms with Gasteiger partial charge in [-0.1, -0.05) is 0 Å². The van der Waals surface area contributed by atoms with Gasteiger partial charge in [0.15, 0.2) is 0 Å². The van der Waals surface area contributed by atoms with E-state index in [1.165, 1.54) is 23.5 Å². The third kappa shape index (κ3) is 3.21. The van der Waals surface area contributed by atoms with Crippen LogP contribution in [0.2, 0.25) is 0 Å². The number of rotatable bonds is 4. The van der Waals surface area contributed by atoms with Crippen molar-refractivity contribution in [2.75, 3.05) is 5.32 Å². The van der Waals surface area contributed by atoms with Gasteiger partial charge in [0.1, 0.15) is 16.5 Å². The van der Waals surface area contributed by atoms with E-state index >= 15 is 0 Å². The number of amides is 1. The van der Waals surface area contributed by atoms with Crippen LogP contribution < -0.4 is 5.32 Å². The summed E-state index contributed by atoms with van der Waals surface area (Å²) in [4.78, 5) is 16.7. The van der Waals surface area contributed by atoms with E-state index in [2.05, 4.69) is 15.4 Å². The molecule has 1 N–H and O–H groups in total. The molecule has 0 unspecified atom stereocenters. The van der Waals surface area contributed by atoms with Crippen LogP contribution in [0.5, 0.6) is 0 Å². The van der Waals surface area contributed by atoms with E-state index in [1.54, 1.807) is 22.3 Å². The second-order valence-electron chi connectivity index (χ2n) is 5.53. The third-order valence-corrected chi connectivity index (χ3v) is 4.68. The molecule has 1 amide bonds. The van der Waals surface area contributed by atoms with Gasteiger partial charge >= 0.3 is 0 Å². The largest absolute Gasteiger partial charge is 0.316 e. The van der Waals surface area contributed by atoms with Crippen LogP contribution in [0, 0.1) is 19.7 Å². The average Bonchev–Trinajstić information content (AvgIpc) is 3.08. The van der Waals surface area contributed by atoms with Crippen LogP contribution in [0.4, 0.5) is 9.39 Å². The second-order valence-corrected chi connectivity index (χ2v) is 6.39. The van der Waals surface area contributed by atoms with Gasteiger partial charge in [-0.3, -0.25) is 9.48 Å². The van der Waals surface area contributed by atoms with Crippen molar-refractivity contribution in [1.29, 1.82) is 0 Å². The number of benzene rings is 1. The van der Waals surface area contributed by atoms with Gasteiger partial charge < -0.3 is 5.32 Å². The number of aryl methyl sites for hydroxylation is 2. The monoisotopic (exact) mass is 344 g/mol. The molecule has 0 aliphatic heterocycles. The Balaban J connectivity index is 1.78. The number of nitrogens with zero attached hydrogens (tertiary/aromatic N) is 3. The number of carbonyl (C=O) groups excluding carboxylic acids is 1. The summed E-state index contributed by atoms with van der Waals surface area (Å²) in [6.07, 6.45) is 0.256. The van der Waals surface area contributed by atoms with Gasteiger partial charge in [0.05, 0.1) is 17.6 Å². The highest BCUT2D eigenvalue weighted by atomic mass is 32.1. The summed E-state index contributed by atoms with van der Waals surface area (Å²) in [5, 5.41) is 7.89. The molecule has 0 aliphatic rings. The molecule has 0 saturated carbocycles. The predicted molar refractivity (Wildman–Crippen MR) is 92.5 cm³/mol. The van der Waals surface area contributed by atoms with Crippen molar-refractivity contribution in [2.24, 2.45) is 7.05 Å². The summed E-state index contributed by atoms with van der Waals surface area (Å²) in [6.45, 7) is 3.84. The molecule has 124 valence electrons. The van der Waals surface area contributed by atoms with Crippen molar-refractivity contribution in [3.8, 4) is 11.3 Å². The Kier molecular flexibility index (Phi) is 4.44. The van der Waals surface area contributed by atoms with Crippen LogP contribution >= 0.6 is 11.3 Å². The normalized spacial score (nSPS) is 10.8. The van der Waals surface area contributed by atoms with E-state index in [0.717, 1.165) is 22.5 Å². The highest BCUT2D eigenvalue weighted by molar-refractivity contribution is 7.14. The van der Waals surface area contributed by atoms with Gasteiger partial charge in [-0.15, -0.1) is 11.3 Å². The lowest BCUT2D eigenvalue weighted by atomic mass is 10.1. The molecule has 0 spiro atoms. The van der Waals surface area contributed by atoms with Crippen molar-refractivity contribution in [2.45, 2.75) is 20.3 Å². The lowest BCUT2D eigenvalue weighted by Crippen LogP contribution is -2.15. The first-order valence-corrected chi connectivity index (χ1v) is 8.32. The Morgan fingerprint density at radius 2 is 2.00 bits per heavy atom. The van der Waals surface area contributed by atoms with E-state index in [1.807, 2.05) is 20.9 Å². The number of carbonyl (C=O) groups is 1. The van der Waals surface area contributed by atoms with E-state index in [9.17, 15) is 9.18 Å². The number of aromatic nitrogens is 3. The second kappa shape index (κ2) is 6.52. The fourth-order valence-corrected chi connectivity index (χ4v) is 3.27. The van der Waals surface area contributed by atoms with E-state index < -0.39 is 0 Å². The Morgan fingerprint density at radius 1 is 1.29 bits per heavy atom. The first-order chi connectivity index (χ1) is 11.5. The van der Waals surface area contributed by atoms with Crippen molar-refractivity contribution < 1.29 is 9.18 Å². The molecule has 0 atom stereocenters. The van der Waals surface area contributed by atoms with Crippen molar-refractivity contribution in [1.82, 2.24) is 14.8 Å². The lowest BCUT2D eigenvalue weighted by molar-refractivity contribution is -0.115. The molecule has 0 aliphatic carbocycles. The Labute approximate surface area is 143 Å². The van der Waals surface area contributed by atoms with Crippen LogP contribution in [0.25, 0.3) is 11.3 Å². The number of nitrogens with one attached hydrogen (secondary N) is 1. The molecule has 24 heavy (non-hydrogen) atoms. The molecular formula is C17H17FN4OS. The predicted octanol–water partition coefficient (Wildman–Crippen LogP) is 3.48. The molecule has 2 heterocycles. The van der Waals surface area contributed by atoms with Gasteiger partial charge in [-0.05, 0) is 38.1 Å². The molecule has 1 aromatic carbocycles. The van der Waals surface area contributed by atoms with E-state index in [0.29, 0.717) is 10.7 Å². The number of anilines is 1. The van der Waals surface area contributed by atoms with Crippen LogP contribution in [0.1, 0.15) is 17.0 Å². The summed E-state index contributed by atoms with van der Waals surface area (Å²) >= 11 is 1.34. The van der Waals surface area contributed by atoms with E-state index in [4.69, 9.17) is 0 Å². The van der Waals surface area contributed by atoms with Gasteiger partial charge in [0.25, 0.3) is 0 Å². The van der Waals surface area contributed by atoms with Crippen LogP contribution in [-0.4, -0.2) is 20.7 Å². The molecule has 3 rings (SSSR count). The third-order valence-electron chi connectivity index (χ3n) is 3.93. The molecule has 0 fully saturated rings. The molecular weight excluding hydrogens is 327 g/mol. The zero-order chi connectivity index (χ0) is 17.3. The van der Waals surface area contributed by atoms with Crippen molar-refractivity contribution in [3.63, 3.8) is 0 Å². The summed E-state index contributed by atoms with van der Waals surface area (Å²) in [5.74, 6) is -0.427. The maximum Gasteiger partial charge on any atom is 0.229 e. The van der Waals surface area contributed by atoms with Crippen molar-refractivity contribution >= 4 is 22.2 Å². The topological polar surface area (TPSA) is 59.8 Å². The van der Waals surface area contributed by atoms with Crippen LogP contribution in [0.3, 0.4) is 0 Å². The van der Waals surface area contributed by atoms with Crippen LogP contribution in [-0.2, 0) is 18.3 Å². The number of halogens is 1. The SMILES string of the molecule is Cc1nn(C)c(C)c1CC(=O)Nc1scnc1-c1ccc(F)cc1. The highest BCUT2D eigenvalue weighted by Crippen LogP contribution is 2.30. The Hall–Kier alpha value is -2.54. The molecule has 0 bridgehead atoms. The number of hydrogen-bond donors (Lipinski definition) is 1. The minimum absolute atomic E-state index is 0.123. The highest BCUT2D eigenvalue weighted by Gasteiger charge is 2.16. The maximum absolute atomic E-state index is 13.1. The first kappa shape index (κ1) is 16.3. The van der Waals surface area contributed by atoms with Crippen molar-refractivity contribution in [3.05, 3.63) is 52.5 Å². The van der Waals surface area contributed by atoms with E-state index in [-0.39, 0.29) is 18.1 Å². The van der Waals surface area contributed by atoms with Gasteiger partial charge in [0.2, 0.25) is 5.91 Å². The molecule has 2 aromatic heterocycles. The van der Waals surface area contributed by atoms with Gasteiger partial charge in [-0.2, -0.15) is 5.10 Å². The summed E-state index contributed by atoms with van der Waals surface area (Å²) < 4.78 is 14.8.